The van der Waals surface area contributed by atoms with E-state index in [1.807, 2.05) is 0 Å². The normalized spacial score (nSPS) is 58.9. The van der Waals surface area contributed by atoms with Crippen molar-refractivity contribution in [3.8, 4) is 0 Å². The Morgan fingerprint density at radius 1 is 0.643 bits per heavy atom. The number of hydrogen-bond acceptors (Lipinski definition) is 2. The van der Waals surface area contributed by atoms with Crippen LogP contribution in [-0.4, -0.2) is 26.4 Å². The van der Waals surface area contributed by atoms with Gasteiger partial charge in [-0.2, -0.15) is 0 Å². The Hall–Kier alpha value is -0.340. The Morgan fingerprint density at radius 2 is 1.00 bits per heavy atom. The molecule has 0 aromatic rings. The molecule has 14 heavy (non-hydrogen) atoms. The van der Waals surface area contributed by atoms with Crippen LogP contribution in [0.3, 0.4) is 0 Å². The van der Waals surface area contributed by atoms with Crippen LogP contribution in [-0.2, 0) is 9.47 Å². The second-order valence-electron chi connectivity index (χ2n) is 5.27. The Morgan fingerprint density at radius 3 is 1.36 bits per heavy atom. The van der Waals surface area contributed by atoms with E-state index in [0.717, 1.165) is 61.9 Å². The summed E-state index contributed by atoms with van der Waals surface area (Å²) in [6, 6.07) is 0. The van der Waals surface area contributed by atoms with E-state index in [4.69, 9.17) is 9.47 Å². The lowest BCUT2D eigenvalue weighted by atomic mass is 9.55. The largest absolute Gasteiger partial charge is 0.381 e. The molecule has 0 amide bonds. The summed E-state index contributed by atoms with van der Waals surface area (Å²) in [5.74, 6) is 4.78. The Kier molecular flexibility index (Phi) is 1.47. The molecule has 0 radical (unpaired) electrons. The first-order valence-corrected chi connectivity index (χ1v) is 5.79. The lowest BCUT2D eigenvalue weighted by Crippen LogP contribution is -2.47. The molecule has 2 bridgehead atoms. The molecule has 0 N–H and O–H groups in total. The number of hydrogen-bond donors (Lipinski definition) is 0. The van der Waals surface area contributed by atoms with Gasteiger partial charge in [-0.25, -0.2) is 0 Å². The molecular weight excluding hydrogens is 176 g/mol. The van der Waals surface area contributed by atoms with Gasteiger partial charge in [0.25, 0.3) is 0 Å². The maximum Gasteiger partial charge on any atom is 0.0503 e. The smallest absolute Gasteiger partial charge is 0.0503 e. The van der Waals surface area contributed by atoms with Gasteiger partial charge in [-0.15, -0.1) is 0 Å². The molecule has 0 aromatic carbocycles. The molecule has 5 rings (SSSR count). The summed E-state index contributed by atoms with van der Waals surface area (Å²) in [7, 11) is 0. The highest BCUT2D eigenvalue weighted by atomic mass is 16.5. The predicted molar refractivity (Wildman–Crippen MR) is 51.7 cm³/mol. The summed E-state index contributed by atoms with van der Waals surface area (Å²) in [6.07, 6.45) is 4.91. The zero-order valence-corrected chi connectivity index (χ0v) is 8.26. The molecule has 2 heteroatoms. The Balaban J connectivity index is 1.78. The van der Waals surface area contributed by atoms with Gasteiger partial charge >= 0.3 is 0 Å². The van der Waals surface area contributed by atoms with E-state index in [2.05, 4.69) is 12.2 Å². The average Bonchev–Trinajstić information content (AvgIpc) is 2.88. The SMILES string of the molecule is C1=CC2[C@H]3COC[C@H]3C1[C@H]1COC[C@@H]21. The molecule has 76 valence electrons. The topological polar surface area (TPSA) is 18.5 Å². The second kappa shape index (κ2) is 2.61. The summed E-state index contributed by atoms with van der Waals surface area (Å²) in [5.41, 5.74) is 0. The Labute approximate surface area is 84.3 Å². The van der Waals surface area contributed by atoms with Crippen molar-refractivity contribution >= 4 is 0 Å². The third kappa shape index (κ3) is 0.801. The van der Waals surface area contributed by atoms with Crippen molar-refractivity contribution in [3.63, 3.8) is 0 Å². The Bertz CT molecular complexity index is 238. The quantitative estimate of drug-likeness (QED) is 0.539. The van der Waals surface area contributed by atoms with Gasteiger partial charge in [0.15, 0.2) is 0 Å². The van der Waals surface area contributed by atoms with Crippen molar-refractivity contribution in [3.05, 3.63) is 12.2 Å². The van der Waals surface area contributed by atoms with Gasteiger partial charge in [0.05, 0.1) is 26.4 Å². The summed E-state index contributed by atoms with van der Waals surface area (Å²) in [4.78, 5) is 0. The standard InChI is InChI=1S/C12H16O2/c1-2-8-11-5-13-3-9(11)7(1)10-4-14-6-12(8)10/h1-2,7-12H,3-6H2/t7?,8?,9-,10+,11+,12-. The fraction of sp³-hybridized carbons (Fsp3) is 0.833. The molecule has 2 nitrogen and oxygen atoms in total. The molecule has 2 saturated heterocycles. The average molecular weight is 192 g/mol. The summed E-state index contributed by atoms with van der Waals surface area (Å²) < 4.78 is 11.3. The van der Waals surface area contributed by atoms with Crippen molar-refractivity contribution in [2.75, 3.05) is 26.4 Å². The molecule has 1 saturated carbocycles. The van der Waals surface area contributed by atoms with Crippen LogP contribution in [0.2, 0.25) is 0 Å². The van der Waals surface area contributed by atoms with Crippen molar-refractivity contribution < 1.29 is 9.47 Å². The first-order valence-electron chi connectivity index (χ1n) is 5.79. The molecule has 0 spiro atoms. The van der Waals surface area contributed by atoms with Gasteiger partial charge in [0.2, 0.25) is 0 Å². The van der Waals surface area contributed by atoms with E-state index in [9.17, 15) is 0 Å². The first kappa shape index (κ1) is 7.89. The van der Waals surface area contributed by atoms with E-state index in [0.29, 0.717) is 0 Å². The molecule has 2 heterocycles. The van der Waals surface area contributed by atoms with Crippen LogP contribution in [0.15, 0.2) is 12.2 Å². The molecule has 5 aliphatic rings. The minimum atomic E-state index is 0.764. The van der Waals surface area contributed by atoms with Crippen LogP contribution >= 0.6 is 0 Å². The fourth-order valence-corrected chi connectivity index (χ4v) is 4.22. The molecule has 2 unspecified atom stereocenters. The van der Waals surface area contributed by atoms with Crippen LogP contribution in [0.25, 0.3) is 0 Å². The molecule has 3 aliphatic carbocycles. The van der Waals surface area contributed by atoms with Crippen LogP contribution in [0.5, 0.6) is 0 Å². The second-order valence-corrected chi connectivity index (χ2v) is 5.27. The maximum absolute atomic E-state index is 5.66. The number of ether oxygens (including phenoxy) is 2. The predicted octanol–water partition coefficient (Wildman–Crippen LogP) is 1.33. The van der Waals surface area contributed by atoms with Crippen molar-refractivity contribution in [2.45, 2.75) is 0 Å². The number of rotatable bonds is 0. The zero-order chi connectivity index (χ0) is 9.12. The van der Waals surface area contributed by atoms with Gasteiger partial charge in [0.1, 0.15) is 0 Å². The van der Waals surface area contributed by atoms with Crippen LogP contribution in [0.4, 0.5) is 0 Å². The van der Waals surface area contributed by atoms with Crippen molar-refractivity contribution in [1.29, 1.82) is 0 Å². The highest BCUT2D eigenvalue weighted by Crippen LogP contribution is 2.55. The lowest BCUT2D eigenvalue weighted by Gasteiger charge is -2.47. The minimum absolute atomic E-state index is 0.764. The minimum Gasteiger partial charge on any atom is -0.381 e. The molecule has 2 aliphatic heterocycles. The third-order valence-corrected chi connectivity index (χ3v) is 4.87. The monoisotopic (exact) mass is 192 g/mol. The highest BCUT2D eigenvalue weighted by molar-refractivity contribution is 5.17. The van der Waals surface area contributed by atoms with E-state index in [1.165, 1.54) is 0 Å². The summed E-state index contributed by atoms with van der Waals surface area (Å²) in [6.45, 7) is 4.00. The summed E-state index contributed by atoms with van der Waals surface area (Å²) >= 11 is 0. The molecule has 3 fully saturated rings. The van der Waals surface area contributed by atoms with Gasteiger partial charge in [0, 0.05) is 0 Å². The van der Waals surface area contributed by atoms with Gasteiger partial charge in [-0.1, -0.05) is 12.2 Å². The first-order chi connectivity index (χ1) is 6.95. The molecular formula is C12H16O2. The number of allylic oxidation sites excluding steroid dienone is 2. The van der Waals surface area contributed by atoms with E-state index >= 15 is 0 Å². The highest BCUT2D eigenvalue weighted by Gasteiger charge is 2.55. The van der Waals surface area contributed by atoms with Gasteiger partial charge in [-0.05, 0) is 35.5 Å². The van der Waals surface area contributed by atoms with Crippen LogP contribution in [0.1, 0.15) is 0 Å². The van der Waals surface area contributed by atoms with Crippen molar-refractivity contribution in [1.82, 2.24) is 0 Å². The molecule has 6 atom stereocenters. The van der Waals surface area contributed by atoms with E-state index in [-0.39, 0.29) is 0 Å². The maximum atomic E-state index is 5.66. The van der Waals surface area contributed by atoms with Crippen molar-refractivity contribution in [2.24, 2.45) is 35.5 Å². The lowest BCUT2D eigenvalue weighted by molar-refractivity contribution is 0.0650. The van der Waals surface area contributed by atoms with Gasteiger partial charge < -0.3 is 9.47 Å². The van der Waals surface area contributed by atoms with E-state index < -0.39 is 0 Å². The van der Waals surface area contributed by atoms with E-state index in [1.54, 1.807) is 0 Å². The van der Waals surface area contributed by atoms with Gasteiger partial charge in [-0.3, -0.25) is 0 Å². The fourth-order valence-electron chi connectivity index (χ4n) is 4.22. The van der Waals surface area contributed by atoms with Crippen LogP contribution < -0.4 is 0 Å². The van der Waals surface area contributed by atoms with Crippen LogP contribution in [0, 0.1) is 35.5 Å². The summed E-state index contributed by atoms with van der Waals surface area (Å²) in [5, 5.41) is 0. The molecule has 0 aromatic heterocycles. The zero-order valence-electron chi connectivity index (χ0n) is 8.26. The third-order valence-electron chi connectivity index (χ3n) is 4.87.